The van der Waals surface area contributed by atoms with Crippen LogP contribution in [0.25, 0.3) is 0 Å². The van der Waals surface area contributed by atoms with Gasteiger partial charge in [0.15, 0.2) is 0 Å². The Morgan fingerprint density at radius 2 is 1.95 bits per heavy atom. The van der Waals surface area contributed by atoms with Gasteiger partial charge in [0.25, 0.3) is 0 Å². The van der Waals surface area contributed by atoms with Crippen LogP contribution in [0.3, 0.4) is 0 Å². The summed E-state index contributed by atoms with van der Waals surface area (Å²) in [6.45, 7) is 3.83. The van der Waals surface area contributed by atoms with Crippen molar-refractivity contribution >= 4 is 10.0 Å². The fourth-order valence-electron chi connectivity index (χ4n) is 2.19. The number of hydrogen-bond donors (Lipinski definition) is 0. The van der Waals surface area contributed by atoms with Crippen LogP contribution >= 0.6 is 0 Å². The van der Waals surface area contributed by atoms with Gasteiger partial charge in [-0.3, -0.25) is 0 Å². The van der Waals surface area contributed by atoms with Gasteiger partial charge in [0.05, 0.1) is 5.75 Å². The lowest BCUT2D eigenvalue weighted by Crippen LogP contribution is -2.52. The van der Waals surface area contributed by atoms with Crippen molar-refractivity contribution in [2.24, 2.45) is 0 Å². The predicted octanol–water partition coefficient (Wildman–Crippen LogP) is 1.17. The molecule has 1 atom stereocenters. The van der Waals surface area contributed by atoms with E-state index in [0.29, 0.717) is 18.8 Å². The number of benzene rings is 1. The number of halogens is 1. The molecule has 0 bridgehead atoms. The predicted molar refractivity (Wildman–Crippen MR) is 79.3 cm³/mol. The van der Waals surface area contributed by atoms with Crippen LogP contribution in [0.1, 0.15) is 6.92 Å². The smallest absolute Gasteiger partial charge is 0.217 e. The van der Waals surface area contributed by atoms with E-state index < -0.39 is 10.0 Å². The van der Waals surface area contributed by atoms with E-state index in [9.17, 15) is 12.8 Å². The van der Waals surface area contributed by atoms with Gasteiger partial charge < -0.3 is 9.64 Å². The van der Waals surface area contributed by atoms with Crippen molar-refractivity contribution in [3.63, 3.8) is 0 Å². The number of rotatable bonds is 5. The van der Waals surface area contributed by atoms with Crippen LogP contribution in [0.2, 0.25) is 0 Å². The largest absolute Gasteiger partial charge is 0.492 e. The first-order chi connectivity index (χ1) is 9.88. The molecule has 5 nitrogen and oxygen atoms in total. The highest BCUT2D eigenvalue weighted by Crippen LogP contribution is 2.14. The number of piperazine rings is 1. The fraction of sp³-hybridized carbons (Fsp3) is 0.571. The number of nitrogens with zero attached hydrogens (tertiary/aromatic N) is 2. The maximum Gasteiger partial charge on any atom is 0.217 e. The Morgan fingerprint density at radius 3 is 2.57 bits per heavy atom. The Balaban J connectivity index is 1.85. The van der Waals surface area contributed by atoms with Crippen molar-refractivity contribution in [1.82, 2.24) is 9.21 Å². The van der Waals surface area contributed by atoms with Gasteiger partial charge in [0.2, 0.25) is 10.0 Å². The summed E-state index contributed by atoms with van der Waals surface area (Å²) in [5, 5.41) is 0. The quantitative estimate of drug-likeness (QED) is 0.818. The molecule has 1 aromatic carbocycles. The summed E-state index contributed by atoms with van der Waals surface area (Å²) in [5.74, 6) is 0.0561. The first-order valence-corrected chi connectivity index (χ1v) is 8.56. The first-order valence-electron chi connectivity index (χ1n) is 6.95. The van der Waals surface area contributed by atoms with Gasteiger partial charge in [0.1, 0.15) is 18.2 Å². The van der Waals surface area contributed by atoms with Crippen molar-refractivity contribution in [3.05, 3.63) is 30.1 Å². The summed E-state index contributed by atoms with van der Waals surface area (Å²) in [5.41, 5.74) is 0. The van der Waals surface area contributed by atoms with Crippen molar-refractivity contribution < 1.29 is 17.5 Å². The first kappa shape index (κ1) is 16.2. The monoisotopic (exact) mass is 316 g/mol. The van der Waals surface area contributed by atoms with Gasteiger partial charge in [-0.2, -0.15) is 4.31 Å². The normalized spacial score (nSPS) is 21.4. The molecule has 1 unspecified atom stereocenters. The maximum atomic E-state index is 12.7. The van der Waals surface area contributed by atoms with Gasteiger partial charge in [-0.15, -0.1) is 0 Å². The molecule has 0 N–H and O–H groups in total. The highest BCUT2D eigenvalue weighted by Gasteiger charge is 2.29. The second-order valence-corrected chi connectivity index (χ2v) is 7.39. The molecular formula is C14H21FN2O3S. The fourth-order valence-corrected chi connectivity index (χ4v) is 3.55. The summed E-state index contributed by atoms with van der Waals surface area (Å²) in [4.78, 5) is 2.14. The van der Waals surface area contributed by atoms with E-state index >= 15 is 0 Å². The molecule has 0 aromatic heterocycles. The zero-order chi connectivity index (χ0) is 15.5. The van der Waals surface area contributed by atoms with Gasteiger partial charge in [-0.25, -0.2) is 12.8 Å². The summed E-state index contributed by atoms with van der Waals surface area (Å²) < 4.78 is 44.1. The van der Waals surface area contributed by atoms with Crippen LogP contribution in [0.15, 0.2) is 24.3 Å². The maximum absolute atomic E-state index is 12.7. The third-order valence-electron chi connectivity index (χ3n) is 3.74. The average Bonchev–Trinajstić information content (AvgIpc) is 2.44. The Labute approximate surface area is 125 Å². The minimum atomic E-state index is -3.31. The van der Waals surface area contributed by atoms with Crippen LogP contribution < -0.4 is 4.74 Å². The SMILES string of the molecule is CC1CN(S(=O)(=O)CCOc2ccc(F)cc2)CCN1C. The summed E-state index contributed by atoms with van der Waals surface area (Å²) in [6, 6.07) is 5.75. The molecule has 1 aliphatic heterocycles. The van der Waals surface area contributed by atoms with E-state index in [2.05, 4.69) is 4.90 Å². The Morgan fingerprint density at radius 1 is 1.29 bits per heavy atom. The minimum Gasteiger partial charge on any atom is -0.492 e. The second kappa shape index (κ2) is 6.72. The summed E-state index contributed by atoms with van der Waals surface area (Å²) >= 11 is 0. The van der Waals surface area contributed by atoms with E-state index in [-0.39, 0.29) is 24.2 Å². The zero-order valence-corrected chi connectivity index (χ0v) is 13.1. The van der Waals surface area contributed by atoms with Gasteiger partial charge in [-0.05, 0) is 38.2 Å². The summed E-state index contributed by atoms with van der Waals surface area (Å²) in [6.07, 6.45) is 0. The van der Waals surface area contributed by atoms with Crippen LogP contribution in [-0.2, 0) is 10.0 Å². The van der Waals surface area contributed by atoms with Gasteiger partial charge in [-0.1, -0.05) is 0 Å². The van der Waals surface area contributed by atoms with Crippen LogP contribution in [0.4, 0.5) is 4.39 Å². The number of ether oxygens (including phenoxy) is 1. The molecule has 1 aromatic rings. The highest BCUT2D eigenvalue weighted by molar-refractivity contribution is 7.89. The molecule has 0 saturated carbocycles. The molecule has 1 aliphatic rings. The third kappa shape index (κ3) is 4.39. The lowest BCUT2D eigenvalue weighted by atomic mass is 10.2. The number of sulfonamides is 1. The van der Waals surface area contributed by atoms with Crippen molar-refractivity contribution in [2.45, 2.75) is 13.0 Å². The van der Waals surface area contributed by atoms with Crippen LogP contribution in [-0.4, -0.2) is 62.7 Å². The molecule has 1 saturated heterocycles. The van der Waals surface area contributed by atoms with E-state index in [1.54, 1.807) is 0 Å². The standard InChI is InChI=1S/C14H21FN2O3S/c1-12-11-17(8-7-16(12)2)21(18,19)10-9-20-14-5-3-13(15)4-6-14/h3-6,12H,7-11H2,1-2H3. The van der Waals surface area contributed by atoms with Crippen LogP contribution in [0, 0.1) is 5.82 Å². The zero-order valence-electron chi connectivity index (χ0n) is 12.3. The topological polar surface area (TPSA) is 49.9 Å². The average molecular weight is 316 g/mol. The Kier molecular flexibility index (Phi) is 5.18. The molecule has 7 heteroatoms. The van der Waals surface area contributed by atoms with E-state index in [0.717, 1.165) is 6.54 Å². The molecular weight excluding hydrogens is 295 g/mol. The number of hydrogen-bond acceptors (Lipinski definition) is 4. The van der Waals surface area contributed by atoms with E-state index in [1.165, 1.54) is 28.6 Å². The molecule has 0 spiro atoms. The molecule has 0 amide bonds. The molecule has 118 valence electrons. The Hall–Kier alpha value is -1.18. The highest BCUT2D eigenvalue weighted by atomic mass is 32.2. The lowest BCUT2D eigenvalue weighted by molar-refractivity contribution is 0.159. The van der Waals surface area contributed by atoms with Crippen molar-refractivity contribution in [3.8, 4) is 5.75 Å². The minimum absolute atomic E-state index is 0.0642. The Bertz CT molecular complexity index is 562. The molecule has 0 aliphatic carbocycles. The van der Waals surface area contributed by atoms with E-state index in [1.807, 2.05) is 14.0 Å². The summed E-state index contributed by atoms with van der Waals surface area (Å²) in [7, 11) is -1.32. The number of likely N-dealkylation sites (N-methyl/N-ethyl adjacent to an activating group) is 1. The molecule has 1 heterocycles. The molecule has 1 fully saturated rings. The van der Waals surface area contributed by atoms with Crippen LogP contribution in [0.5, 0.6) is 5.75 Å². The van der Waals surface area contributed by atoms with Gasteiger partial charge >= 0.3 is 0 Å². The molecule has 2 rings (SSSR count). The second-order valence-electron chi connectivity index (χ2n) is 5.31. The molecule has 0 radical (unpaired) electrons. The van der Waals surface area contributed by atoms with Crippen molar-refractivity contribution in [1.29, 1.82) is 0 Å². The van der Waals surface area contributed by atoms with E-state index in [4.69, 9.17) is 4.74 Å². The molecule has 21 heavy (non-hydrogen) atoms. The lowest BCUT2D eigenvalue weighted by Gasteiger charge is -2.36. The van der Waals surface area contributed by atoms with Gasteiger partial charge in [0, 0.05) is 25.7 Å². The van der Waals surface area contributed by atoms with Crippen molar-refractivity contribution in [2.75, 3.05) is 39.0 Å². The third-order valence-corrected chi connectivity index (χ3v) is 5.54.